The van der Waals surface area contributed by atoms with Crippen molar-refractivity contribution < 1.29 is 4.79 Å². The molecule has 0 aliphatic heterocycles. The van der Waals surface area contributed by atoms with E-state index in [1.807, 2.05) is 6.92 Å². The Morgan fingerprint density at radius 3 is 2.68 bits per heavy atom. The Hall–Kier alpha value is -2.50. The summed E-state index contributed by atoms with van der Waals surface area (Å²) < 4.78 is 2.27. The van der Waals surface area contributed by atoms with Crippen LogP contribution in [0.5, 0.6) is 0 Å². The van der Waals surface area contributed by atoms with Gasteiger partial charge in [-0.25, -0.2) is 0 Å². The van der Waals surface area contributed by atoms with Crippen LogP contribution in [0.1, 0.15) is 26.2 Å². The Labute approximate surface area is 149 Å². The smallest absolute Gasteiger partial charge is 0.221 e. The summed E-state index contributed by atoms with van der Waals surface area (Å²) in [6.45, 7) is 5.14. The van der Waals surface area contributed by atoms with E-state index in [0.29, 0.717) is 13.0 Å². The third kappa shape index (κ3) is 6.14. The van der Waals surface area contributed by atoms with Crippen LogP contribution < -0.4 is 16.0 Å². The Morgan fingerprint density at radius 1 is 1.08 bits per heavy atom. The Balaban J connectivity index is 1.65. The molecule has 6 heteroatoms. The molecule has 0 fully saturated rings. The van der Waals surface area contributed by atoms with Crippen molar-refractivity contribution in [3.63, 3.8) is 0 Å². The zero-order chi connectivity index (χ0) is 17.9. The van der Waals surface area contributed by atoms with E-state index in [4.69, 9.17) is 0 Å². The van der Waals surface area contributed by atoms with Crippen molar-refractivity contribution in [1.82, 2.24) is 20.5 Å². The van der Waals surface area contributed by atoms with Gasteiger partial charge in [-0.15, -0.1) is 0 Å². The second kappa shape index (κ2) is 10.4. The van der Waals surface area contributed by atoms with E-state index in [1.54, 1.807) is 7.05 Å². The van der Waals surface area contributed by atoms with Crippen molar-refractivity contribution in [3.05, 3.63) is 36.5 Å². The van der Waals surface area contributed by atoms with Gasteiger partial charge in [-0.2, -0.15) is 0 Å². The molecule has 1 amide bonds. The summed E-state index contributed by atoms with van der Waals surface area (Å²) in [5.41, 5.74) is 1.27. The zero-order valence-electron chi connectivity index (χ0n) is 15.2. The number of carbonyl (C=O) groups is 1. The highest BCUT2D eigenvalue weighted by atomic mass is 16.1. The van der Waals surface area contributed by atoms with Gasteiger partial charge in [0.1, 0.15) is 0 Å². The molecule has 1 aromatic carbocycles. The predicted molar refractivity (Wildman–Crippen MR) is 104 cm³/mol. The maximum absolute atomic E-state index is 11.6. The molecule has 0 atom stereocenters. The third-order valence-corrected chi connectivity index (χ3v) is 3.99. The SMILES string of the molecule is CCCNC(=O)CCNC(=NC)NCCCn1ccc2ccccc21. The van der Waals surface area contributed by atoms with Gasteiger partial charge in [-0.1, -0.05) is 25.1 Å². The first-order chi connectivity index (χ1) is 12.2. The number of hydrogen-bond donors (Lipinski definition) is 3. The average Bonchev–Trinajstić information content (AvgIpc) is 3.05. The summed E-state index contributed by atoms with van der Waals surface area (Å²) in [7, 11) is 1.74. The molecule has 136 valence electrons. The molecule has 0 aliphatic carbocycles. The lowest BCUT2D eigenvalue weighted by Gasteiger charge is -2.12. The van der Waals surface area contributed by atoms with Crippen molar-refractivity contribution in [2.45, 2.75) is 32.7 Å². The van der Waals surface area contributed by atoms with Crippen LogP contribution in [-0.4, -0.2) is 43.1 Å². The molecule has 0 unspecified atom stereocenters. The second-order valence-corrected chi connectivity index (χ2v) is 5.95. The molecule has 3 N–H and O–H groups in total. The minimum Gasteiger partial charge on any atom is -0.356 e. The van der Waals surface area contributed by atoms with E-state index in [9.17, 15) is 4.79 Å². The zero-order valence-corrected chi connectivity index (χ0v) is 15.2. The van der Waals surface area contributed by atoms with Crippen LogP contribution >= 0.6 is 0 Å². The topological polar surface area (TPSA) is 70.4 Å². The molecule has 0 aliphatic rings. The van der Waals surface area contributed by atoms with Gasteiger partial charge in [0.05, 0.1) is 0 Å². The third-order valence-electron chi connectivity index (χ3n) is 3.99. The molecule has 0 bridgehead atoms. The number of para-hydroxylation sites is 1. The molecule has 0 spiro atoms. The monoisotopic (exact) mass is 343 g/mol. The van der Waals surface area contributed by atoms with E-state index in [1.165, 1.54) is 10.9 Å². The molecule has 0 radical (unpaired) electrons. The van der Waals surface area contributed by atoms with Crippen LogP contribution in [0.25, 0.3) is 10.9 Å². The number of aromatic nitrogens is 1. The van der Waals surface area contributed by atoms with E-state index in [2.05, 4.69) is 62.0 Å². The van der Waals surface area contributed by atoms with Crippen molar-refractivity contribution in [2.24, 2.45) is 4.99 Å². The van der Waals surface area contributed by atoms with Crippen LogP contribution in [0, 0.1) is 0 Å². The quantitative estimate of drug-likeness (QED) is 0.371. The van der Waals surface area contributed by atoms with E-state index < -0.39 is 0 Å². The number of hydrogen-bond acceptors (Lipinski definition) is 2. The number of rotatable bonds is 9. The van der Waals surface area contributed by atoms with Gasteiger partial charge in [0.15, 0.2) is 5.96 Å². The first-order valence-electron chi connectivity index (χ1n) is 8.99. The molecule has 25 heavy (non-hydrogen) atoms. The minimum atomic E-state index is 0.0734. The summed E-state index contributed by atoms with van der Waals surface area (Å²) in [4.78, 5) is 15.7. The largest absolute Gasteiger partial charge is 0.356 e. The highest BCUT2D eigenvalue weighted by Crippen LogP contribution is 2.15. The summed E-state index contributed by atoms with van der Waals surface area (Å²) in [5.74, 6) is 0.810. The van der Waals surface area contributed by atoms with Gasteiger partial charge in [-0.05, 0) is 30.4 Å². The lowest BCUT2D eigenvalue weighted by Crippen LogP contribution is -2.39. The first-order valence-corrected chi connectivity index (χ1v) is 8.99. The molecule has 1 aromatic heterocycles. The molecular formula is C19H29N5O. The van der Waals surface area contributed by atoms with Crippen LogP contribution in [0.4, 0.5) is 0 Å². The van der Waals surface area contributed by atoms with E-state index in [0.717, 1.165) is 38.4 Å². The van der Waals surface area contributed by atoms with Crippen LogP contribution in [0.15, 0.2) is 41.5 Å². The van der Waals surface area contributed by atoms with E-state index >= 15 is 0 Å². The maximum Gasteiger partial charge on any atom is 0.221 e. The first kappa shape index (κ1) is 18.8. The number of aliphatic imine (C=N–C) groups is 1. The molecule has 2 rings (SSSR count). The second-order valence-electron chi connectivity index (χ2n) is 5.95. The highest BCUT2D eigenvalue weighted by Gasteiger charge is 2.02. The molecular weight excluding hydrogens is 314 g/mol. The van der Waals surface area contributed by atoms with Gasteiger partial charge in [0.25, 0.3) is 0 Å². The number of amides is 1. The number of nitrogens with zero attached hydrogens (tertiary/aromatic N) is 2. The van der Waals surface area contributed by atoms with Gasteiger partial charge in [0, 0.05) is 51.4 Å². The van der Waals surface area contributed by atoms with Crippen LogP contribution in [0.2, 0.25) is 0 Å². The molecule has 6 nitrogen and oxygen atoms in total. The lowest BCUT2D eigenvalue weighted by molar-refractivity contribution is -0.120. The van der Waals surface area contributed by atoms with Crippen molar-refractivity contribution in [1.29, 1.82) is 0 Å². The van der Waals surface area contributed by atoms with Crippen LogP contribution in [0.3, 0.4) is 0 Å². The molecule has 0 saturated carbocycles. The fraction of sp³-hybridized carbons (Fsp3) is 0.474. The van der Waals surface area contributed by atoms with Crippen molar-refractivity contribution in [2.75, 3.05) is 26.7 Å². The average molecular weight is 343 g/mol. The Bertz CT molecular complexity index is 692. The number of carbonyl (C=O) groups excluding carboxylic acids is 1. The number of guanidine groups is 1. The molecule has 0 saturated heterocycles. The van der Waals surface area contributed by atoms with Gasteiger partial charge in [0.2, 0.25) is 5.91 Å². The summed E-state index contributed by atoms with van der Waals surface area (Å²) >= 11 is 0. The predicted octanol–water partition coefficient (Wildman–Crippen LogP) is 2.11. The maximum atomic E-state index is 11.6. The molecule has 2 aromatic rings. The number of fused-ring (bicyclic) bond motifs is 1. The van der Waals surface area contributed by atoms with Crippen LogP contribution in [-0.2, 0) is 11.3 Å². The fourth-order valence-electron chi connectivity index (χ4n) is 2.66. The highest BCUT2D eigenvalue weighted by molar-refractivity contribution is 5.81. The summed E-state index contributed by atoms with van der Waals surface area (Å²) in [6.07, 6.45) is 4.54. The van der Waals surface area contributed by atoms with Crippen molar-refractivity contribution in [3.8, 4) is 0 Å². The van der Waals surface area contributed by atoms with Gasteiger partial charge in [-0.3, -0.25) is 9.79 Å². The van der Waals surface area contributed by atoms with Crippen molar-refractivity contribution >= 4 is 22.8 Å². The standard InChI is InChI=1S/C19H29N5O/c1-3-11-21-18(25)9-13-23-19(20-2)22-12-6-14-24-15-10-16-7-4-5-8-17(16)24/h4-5,7-8,10,15H,3,6,9,11-14H2,1-2H3,(H,21,25)(H2,20,22,23). The summed E-state index contributed by atoms with van der Waals surface area (Å²) in [5, 5.41) is 10.6. The van der Waals surface area contributed by atoms with Gasteiger partial charge < -0.3 is 20.5 Å². The number of nitrogens with one attached hydrogen (secondary N) is 3. The van der Waals surface area contributed by atoms with Gasteiger partial charge >= 0.3 is 0 Å². The Kier molecular flexibility index (Phi) is 7.82. The number of benzene rings is 1. The number of aryl methyl sites for hydroxylation is 1. The Morgan fingerprint density at radius 2 is 1.88 bits per heavy atom. The minimum absolute atomic E-state index is 0.0734. The fourth-order valence-corrected chi connectivity index (χ4v) is 2.66. The normalized spacial score (nSPS) is 11.5. The molecule has 1 heterocycles. The lowest BCUT2D eigenvalue weighted by atomic mass is 10.2. The van der Waals surface area contributed by atoms with E-state index in [-0.39, 0.29) is 5.91 Å². The summed E-state index contributed by atoms with van der Waals surface area (Å²) in [6, 6.07) is 10.6.